The van der Waals surface area contributed by atoms with Gasteiger partial charge in [0.15, 0.2) is 11.5 Å². The van der Waals surface area contributed by atoms with Crippen LogP contribution in [0.1, 0.15) is 37.8 Å². The summed E-state index contributed by atoms with van der Waals surface area (Å²) in [5.74, 6) is -0.0983. The van der Waals surface area contributed by atoms with Crippen molar-refractivity contribution in [3.63, 3.8) is 0 Å². The lowest BCUT2D eigenvalue weighted by molar-refractivity contribution is -0.118. The molecule has 28 heavy (non-hydrogen) atoms. The summed E-state index contributed by atoms with van der Waals surface area (Å²) >= 11 is 0. The molecule has 0 radical (unpaired) electrons. The monoisotopic (exact) mass is 382 g/mol. The first kappa shape index (κ1) is 19.7. The Balaban J connectivity index is 2.09. The number of carbonyl (C=O) groups is 2. The molecule has 1 aromatic carbocycles. The van der Waals surface area contributed by atoms with Gasteiger partial charge >= 0.3 is 0 Å². The zero-order valence-electron chi connectivity index (χ0n) is 16.9. The highest BCUT2D eigenvalue weighted by atomic mass is 16.3. The minimum atomic E-state index is -0.780. The molecule has 0 aliphatic carbocycles. The maximum Gasteiger partial charge on any atom is 0.294 e. The van der Waals surface area contributed by atoms with Gasteiger partial charge in [0, 0.05) is 31.9 Å². The van der Waals surface area contributed by atoms with Crippen molar-refractivity contribution < 1.29 is 19.1 Å². The van der Waals surface area contributed by atoms with Crippen molar-refractivity contribution >= 4 is 23.1 Å². The SMILES string of the molecule is Cc1ccc(C2C(C(=O)CC(C)C)=C(O)C(=O)N2c2ccc(N(C)C)cc2)o1. The summed E-state index contributed by atoms with van der Waals surface area (Å²) in [6.45, 7) is 5.65. The highest BCUT2D eigenvalue weighted by Crippen LogP contribution is 2.42. The number of aliphatic hydroxyl groups is 1. The number of carbonyl (C=O) groups excluding carboxylic acids is 2. The molecule has 1 amide bonds. The van der Waals surface area contributed by atoms with Crippen LogP contribution >= 0.6 is 0 Å². The second-order valence-corrected chi connectivity index (χ2v) is 7.72. The van der Waals surface area contributed by atoms with Crippen LogP contribution < -0.4 is 9.80 Å². The van der Waals surface area contributed by atoms with Gasteiger partial charge in [-0.15, -0.1) is 0 Å². The van der Waals surface area contributed by atoms with Crippen molar-refractivity contribution in [3.8, 4) is 0 Å². The topological polar surface area (TPSA) is 74.0 Å². The molecule has 0 fully saturated rings. The maximum atomic E-state index is 12.9. The van der Waals surface area contributed by atoms with Gasteiger partial charge in [0.1, 0.15) is 17.6 Å². The van der Waals surface area contributed by atoms with Crippen molar-refractivity contribution in [2.45, 2.75) is 33.2 Å². The Kier molecular flexibility index (Phi) is 5.31. The van der Waals surface area contributed by atoms with E-state index in [2.05, 4.69) is 0 Å². The van der Waals surface area contributed by atoms with E-state index in [1.165, 1.54) is 4.90 Å². The molecule has 6 heteroatoms. The highest BCUT2D eigenvalue weighted by molar-refractivity contribution is 6.16. The van der Waals surface area contributed by atoms with Gasteiger partial charge in [-0.2, -0.15) is 0 Å². The minimum Gasteiger partial charge on any atom is -0.503 e. The Morgan fingerprint density at radius 2 is 1.82 bits per heavy atom. The van der Waals surface area contributed by atoms with Crippen LogP contribution in [0.2, 0.25) is 0 Å². The van der Waals surface area contributed by atoms with E-state index in [4.69, 9.17) is 4.42 Å². The number of aryl methyl sites for hydroxylation is 1. The van der Waals surface area contributed by atoms with Crippen molar-refractivity contribution in [1.82, 2.24) is 0 Å². The molecule has 1 aromatic heterocycles. The van der Waals surface area contributed by atoms with Gasteiger partial charge in [-0.1, -0.05) is 13.8 Å². The number of hydrogen-bond donors (Lipinski definition) is 1. The summed E-state index contributed by atoms with van der Waals surface area (Å²) in [6, 6.07) is 10.1. The van der Waals surface area contributed by atoms with Gasteiger partial charge in [0.25, 0.3) is 5.91 Å². The molecular weight excluding hydrogens is 356 g/mol. The van der Waals surface area contributed by atoms with E-state index in [0.29, 0.717) is 17.2 Å². The first-order valence-corrected chi connectivity index (χ1v) is 9.34. The average molecular weight is 382 g/mol. The van der Waals surface area contributed by atoms with E-state index in [1.807, 2.05) is 45.0 Å². The molecule has 0 spiro atoms. The van der Waals surface area contributed by atoms with E-state index >= 15 is 0 Å². The molecule has 0 bridgehead atoms. The van der Waals surface area contributed by atoms with Gasteiger partial charge in [-0.3, -0.25) is 14.5 Å². The Morgan fingerprint density at radius 1 is 1.18 bits per heavy atom. The third kappa shape index (κ3) is 3.54. The zero-order valence-corrected chi connectivity index (χ0v) is 16.9. The number of aliphatic hydroxyl groups excluding tert-OH is 1. The standard InChI is InChI=1S/C22H26N2O4/c1-13(2)12-17(25)19-20(18-11-6-14(3)28-18)24(22(27)21(19)26)16-9-7-15(8-10-16)23(4)5/h6-11,13,20,26H,12H2,1-5H3. The number of ketones is 1. The van der Waals surface area contributed by atoms with Gasteiger partial charge in [0.05, 0.1) is 5.57 Å². The van der Waals surface area contributed by atoms with Gasteiger partial charge < -0.3 is 14.4 Å². The van der Waals surface area contributed by atoms with Crippen molar-refractivity contribution in [2.24, 2.45) is 5.92 Å². The third-order valence-electron chi connectivity index (χ3n) is 4.78. The number of rotatable bonds is 6. The van der Waals surface area contributed by atoms with Gasteiger partial charge in [0.2, 0.25) is 0 Å². The lowest BCUT2D eigenvalue weighted by Gasteiger charge is -2.25. The molecule has 6 nitrogen and oxygen atoms in total. The van der Waals surface area contributed by atoms with Crippen LogP contribution in [-0.2, 0) is 9.59 Å². The second kappa shape index (κ2) is 7.54. The molecule has 1 aliphatic rings. The number of furan rings is 1. The Hall–Kier alpha value is -3.02. The number of anilines is 2. The predicted molar refractivity (Wildman–Crippen MR) is 109 cm³/mol. The third-order valence-corrected chi connectivity index (χ3v) is 4.78. The molecule has 3 rings (SSSR count). The summed E-state index contributed by atoms with van der Waals surface area (Å²) in [6.07, 6.45) is 0.246. The van der Waals surface area contributed by atoms with Crippen LogP contribution in [-0.4, -0.2) is 30.9 Å². The average Bonchev–Trinajstić information content (AvgIpc) is 3.16. The quantitative estimate of drug-likeness (QED) is 0.812. The fourth-order valence-corrected chi connectivity index (χ4v) is 3.42. The van der Waals surface area contributed by atoms with Crippen LogP contribution in [0.15, 0.2) is 52.1 Å². The fraction of sp³-hybridized carbons (Fsp3) is 0.364. The molecule has 0 saturated heterocycles. The van der Waals surface area contributed by atoms with Crippen molar-refractivity contribution in [3.05, 3.63) is 59.3 Å². The maximum absolute atomic E-state index is 12.9. The van der Waals surface area contributed by atoms with E-state index in [1.54, 1.807) is 31.2 Å². The molecule has 1 unspecified atom stereocenters. The molecule has 0 saturated carbocycles. The molecule has 1 aliphatic heterocycles. The Morgan fingerprint density at radius 3 is 2.32 bits per heavy atom. The number of nitrogens with zero attached hydrogens (tertiary/aromatic N) is 2. The molecule has 2 heterocycles. The van der Waals surface area contributed by atoms with Crippen LogP contribution in [0.4, 0.5) is 11.4 Å². The van der Waals surface area contributed by atoms with Crippen molar-refractivity contribution in [1.29, 1.82) is 0 Å². The molecule has 148 valence electrons. The van der Waals surface area contributed by atoms with Crippen LogP contribution in [0.25, 0.3) is 0 Å². The van der Waals surface area contributed by atoms with E-state index in [0.717, 1.165) is 5.69 Å². The first-order chi connectivity index (χ1) is 13.2. The van der Waals surface area contributed by atoms with E-state index in [-0.39, 0.29) is 23.7 Å². The largest absolute Gasteiger partial charge is 0.503 e. The lowest BCUT2D eigenvalue weighted by atomic mass is 9.95. The zero-order chi connectivity index (χ0) is 20.6. The smallest absolute Gasteiger partial charge is 0.294 e. The number of Topliss-reactive ketones (excluding diaryl/α,β-unsaturated/α-hetero) is 1. The summed E-state index contributed by atoms with van der Waals surface area (Å²) in [5, 5.41) is 10.6. The summed E-state index contributed by atoms with van der Waals surface area (Å²) in [5.41, 5.74) is 1.67. The van der Waals surface area contributed by atoms with Gasteiger partial charge in [-0.05, 0) is 49.2 Å². The Bertz CT molecular complexity index is 922. The van der Waals surface area contributed by atoms with Crippen molar-refractivity contribution in [2.75, 3.05) is 23.9 Å². The lowest BCUT2D eigenvalue weighted by Crippen LogP contribution is -2.31. The molecule has 2 aromatic rings. The first-order valence-electron chi connectivity index (χ1n) is 9.34. The molecule has 1 N–H and O–H groups in total. The Labute approximate surface area is 165 Å². The second-order valence-electron chi connectivity index (χ2n) is 7.72. The number of benzene rings is 1. The van der Waals surface area contributed by atoms with Crippen LogP contribution in [0.3, 0.4) is 0 Å². The van der Waals surface area contributed by atoms with Crippen LogP contribution in [0, 0.1) is 12.8 Å². The predicted octanol–water partition coefficient (Wildman–Crippen LogP) is 4.17. The number of amides is 1. The normalized spacial score (nSPS) is 17.0. The van der Waals surface area contributed by atoms with Crippen LogP contribution in [0.5, 0.6) is 0 Å². The molecule has 1 atom stereocenters. The number of hydrogen-bond acceptors (Lipinski definition) is 5. The van der Waals surface area contributed by atoms with E-state index < -0.39 is 17.7 Å². The summed E-state index contributed by atoms with van der Waals surface area (Å²) in [7, 11) is 3.86. The van der Waals surface area contributed by atoms with Gasteiger partial charge in [-0.25, -0.2) is 0 Å². The molecular formula is C22H26N2O4. The highest BCUT2D eigenvalue weighted by Gasteiger charge is 2.45. The summed E-state index contributed by atoms with van der Waals surface area (Å²) in [4.78, 5) is 29.2. The minimum absolute atomic E-state index is 0.102. The fourth-order valence-electron chi connectivity index (χ4n) is 3.42. The van der Waals surface area contributed by atoms with E-state index in [9.17, 15) is 14.7 Å². The summed E-state index contributed by atoms with van der Waals surface area (Å²) < 4.78 is 5.76.